The first kappa shape index (κ1) is 24.2. The van der Waals surface area contributed by atoms with Crippen molar-refractivity contribution in [3.8, 4) is 0 Å². The quantitative estimate of drug-likeness (QED) is 0.149. The summed E-state index contributed by atoms with van der Waals surface area (Å²) in [5, 5.41) is 8.24. The van der Waals surface area contributed by atoms with Crippen LogP contribution in [-0.4, -0.2) is 29.7 Å². The minimum absolute atomic E-state index is 0.0944. The van der Waals surface area contributed by atoms with Crippen molar-refractivity contribution in [2.45, 2.75) is 89.4 Å². The van der Waals surface area contributed by atoms with Crippen molar-refractivity contribution < 1.29 is 14.6 Å². The third-order valence-corrected chi connectivity index (χ3v) is 4.22. The highest BCUT2D eigenvalue weighted by atomic mass is 35.5. The Morgan fingerprint density at radius 2 is 1.56 bits per heavy atom. The number of rotatable bonds is 17. The van der Waals surface area contributed by atoms with Crippen LogP contribution in [0.15, 0.2) is 24.3 Å². The Hall–Kier alpha value is -0.800. The highest BCUT2D eigenvalue weighted by Crippen LogP contribution is 2.09. The molecule has 1 unspecified atom stereocenters. The van der Waals surface area contributed by atoms with E-state index in [4.69, 9.17) is 21.4 Å². The Balaban J connectivity index is 3.30. The molecule has 0 aromatic heterocycles. The van der Waals surface area contributed by atoms with Crippen molar-refractivity contribution in [1.82, 2.24) is 0 Å². The second-order valence-corrected chi connectivity index (χ2v) is 7.06. The number of ether oxygens (including phenoxy) is 1. The minimum atomic E-state index is -0.492. The number of carbonyl (C=O) groups excluding carboxylic acids is 1. The van der Waals surface area contributed by atoms with Crippen molar-refractivity contribution in [3.63, 3.8) is 0 Å². The standard InChI is InChI=1S/C21H37ClO3/c1-2-3-4-5-6-7-8-9-10-11-12-13-14-15-16-17-21(24)25-19-20(22)18-23/h6-7,9-10,20,23H,2-5,8,11-19H2,1H3/b7-6-,10-9-. The molecular weight excluding hydrogens is 336 g/mol. The highest BCUT2D eigenvalue weighted by molar-refractivity contribution is 6.20. The SMILES string of the molecule is CCCCC/C=C\C/C=C\CCCCCCCC(=O)OCC(Cl)CO. The van der Waals surface area contributed by atoms with Gasteiger partial charge in [-0.05, 0) is 38.5 Å². The van der Waals surface area contributed by atoms with Crippen LogP contribution >= 0.6 is 11.6 Å². The molecule has 0 fully saturated rings. The first-order chi connectivity index (χ1) is 12.2. The number of esters is 1. The zero-order valence-corrected chi connectivity index (χ0v) is 16.7. The number of allylic oxidation sites excluding steroid dienone is 4. The monoisotopic (exact) mass is 372 g/mol. The number of hydrogen-bond donors (Lipinski definition) is 1. The minimum Gasteiger partial charge on any atom is -0.464 e. The summed E-state index contributed by atoms with van der Waals surface area (Å²) < 4.78 is 4.97. The largest absolute Gasteiger partial charge is 0.464 e. The van der Waals surface area contributed by atoms with Gasteiger partial charge in [-0.3, -0.25) is 4.79 Å². The van der Waals surface area contributed by atoms with E-state index in [1.807, 2.05) is 0 Å². The highest BCUT2D eigenvalue weighted by Gasteiger charge is 2.07. The summed E-state index contributed by atoms with van der Waals surface area (Å²) in [5.74, 6) is -0.218. The Morgan fingerprint density at radius 3 is 2.20 bits per heavy atom. The smallest absolute Gasteiger partial charge is 0.305 e. The van der Waals surface area contributed by atoms with Gasteiger partial charge in [0.1, 0.15) is 6.61 Å². The van der Waals surface area contributed by atoms with Gasteiger partial charge >= 0.3 is 5.97 Å². The zero-order valence-electron chi connectivity index (χ0n) is 15.9. The molecule has 0 rings (SSSR count). The van der Waals surface area contributed by atoms with Crippen LogP contribution in [0.2, 0.25) is 0 Å². The molecule has 0 spiro atoms. The Bertz CT molecular complexity index is 353. The predicted octanol–water partition coefficient (Wildman–Crippen LogP) is 5.94. The van der Waals surface area contributed by atoms with Crippen LogP contribution in [0, 0.1) is 0 Å². The fourth-order valence-electron chi connectivity index (χ4n) is 2.39. The molecule has 0 aromatic rings. The van der Waals surface area contributed by atoms with Crippen LogP contribution in [0.5, 0.6) is 0 Å². The zero-order chi connectivity index (χ0) is 18.6. The van der Waals surface area contributed by atoms with E-state index >= 15 is 0 Å². The lowest BCUT2D eigenvalue weighted by molar-refractivity contribution is -0.143. The third kappa shape index (κ3) is 19.4. The van der Waals surface area contributed by atoms with Gasteiger partial charge in [0, 0.05) is 6.42 Å². The summed E-state index contributed by atoms with van der Waals surface area (Å²) in [4.78, 5) is 11.4. The van der Waals surface area contributed by atoms with E-state index in [-0.39, 0.29) is 19.2 Å². The molecule has 0 aromatic carbocycles. The number of unbranched alkanes of at least 4 members (excludes halogenated alkanes) is 8. The maximum absolute atomic E-state index is 11.4. The van der Waals surface area contributed by atoms with E-state index in [9.17, 15) is 4.79 Å². The molecular formula is C21H37ClO3. The van der Waals surface area contributed by atoms with Crippen LogP contribution in [0.1, 0.15) is 84.0 Å². The summed E-state index contributed by atoms with van der Waals surface area (Å²) in [7, 11) is 0. The van der Waals surface area contributed by atoms with Crippen LogP contribution in [0.25, 0.3) is 0 Å². The lowest BCUT2D eigenvalue weighted by Crippen LogP contribution is -2.16. The molecule has 0 radical (unpaired) electrons. The number of aliphatic hydroxyl groups excluding tert-OH is 1. The molecule has 0 bridgehead atoms. The molecule has 146 valence electrons. The molecule has 0 amide bonds. The Morgan fingerprint density at radius 1 is 0.960 bits per heavy atom. The van der Waals surface area contributed by atoms with Crippen molar-refractivity contribution in [2.75, 3.05) is 13.2 Å². The normalized spacial score (nSPS) is 12.9. The van der Waals surface area contributed by atoms with E-state index in [2.05, 4.69) is 31.2 Å². The molecule has 0 aliphatic rings. The Labute approximate surface area is 159 Å². The lowest BCUT2D eigenvalue weighted by atomic mass is 10.1. The molecule has 1 atom stereocenters. The van der Waals surface area contributed by atoms with Crippen LogP contribution in [0.4, 0.5) is 0 Å². The summed E-state index contributed by atoms with van der Waals surface area (Å²) >= 11 is 5.67. The number of hydrogen-bond acceptors (Lipinski definition) is 3. The predicted molar refractivity (Wildman–Crippen MR) is 107 cm³/mol. The maximum atomic E-state index is 11.4. The number of alkyl halides is 1. The fraction of sp³-hybridized carbons (Fsp3) is 0.762. The lowest BCUT2D eigenvalue weighted by Gasteiger charge is -2.07. The van der Waals surface area contributed by atoms with Gasteiger partial charge in [-0.1, -0.05) is 63.3 Å². The molecule has 0 aliphatic carbocycles. The third-order valence-electron chi connectivity index (χ3n) is 3.95. The molecule has 1 N–H and O–H groups in total. The first-order valence-electron chi connectivity index (χ1n) is 9.91. The number of carbonyl (C=O) groups is 1. The van der Waals surface area contributed by atoms with Crippen molar-refractivity contribution in [2.24, 2.45) is 0 Å². The Kier molecular flexibility index (Phi) is 18.9. The van der Waals surface area contributed by atoms with E-state index < -0.39 is 5.38 Å². The van der Waals surface area contributed by atoms with Gasteiger partial charge in [0.25, 0.3) is 0 Å². The van der Waals surface area contributed by atoms with Crippen LogP contribution < -0.4 is 0 Å². The van der Waals surface area contributed by atoms with Crippen molar-refractivity contribution >= 4 is 17.6 Å². The van der Waals surface area contributed by atoms with Gasteiger partial charge in [-0.25, -0.2) is 0 Å². The average Bonchev–Trinajstić information content (AvgIpc) is 2.62. The summed E-state index contributed by atoms with van der Waals surface area (Å²) in [5.41, 5.74) is 0. The molecule has 0 aliphatic heterocycles. The number of aliphatic hydroxyl groups is 1. The van der Waals surface area contributed by atoms with Crippen molar-refractivity contribution in [1.29, 1.82) is 0 Å². The van der Waals surface area contributed by atoms with E-state index in [0.717, 1.165) is 32.1 Å². The average molecular weight is 373 g/mol. The topological polar surface area (TPSA) is 46.5 Å². The second-order valence-electron chi connectivity index (χ2n) is 6.44. The maximum Gasteiger partial charge on any atom is 0.305 e. The van der Waals surface area contributed by atoms with Crippen molar-refractivity contribution in [3.05, 3.63) is 24.3 Å². The first-order valence-corrected chi connectivity index (χ1v) is 10.3. The molecule has 3 nitrogen and oxygen atoms in total. The van der Waals surface area contributed by atoms with E-state index in [1.54, 1.807) is 0 Å². The molecule has 0 saturated carbocycles. The summed E-state index contributed by atoms with van der Waals surface area (Å²) in [6, 6.07) is 0. The molecule has 4 heteroatoms. The van der Waals surface area contributed by atoms with Crippen LogP contribution in [0.3, 0.4) is 0 Å². The number of halogens is 1. The molecule has 0 heterocycles. The second kappa shape index (κ2) is 19.5. The van der Waals surface area contributed by atoms with E-state index in [0.29, 0.717) is 6.42 Å². The van der Waals surface area contributed by atoms with Gasteiger partial charge in [0.2, 0.25) is 0 Å². The summed E-state index contributed by atoms with van der Waals surface area (Å²) in [6.45, 7) is 2.16. The van der Waals surface area contributed by atoms with Gasteiger partial charge in [0.15, 0.2) is 0 Å². The van der Waals surface area contributed by atoms with Gasteiger partial charge in [-0.2, -0.15) is 0 Å². The van der Waals surface area contributed by atoms with Gasteiger partial charge < -0.3 is 9.84 Å². The van der Waals surface area contributed by atoms with Gasteiger partial charge in [0.05, 0.1) is 12.0 Å². The van der Waals surface area contributed by atoms with E-state index in [1.165, 1.54) is 38.5 Å². The summed E-state index contributed by atoms with van der Waals surface area (Å²) in [6.07, 6.45) is 22.4. The van der Waals surface area contributed by atoms with Gasteiger partial charge in [-0.15, -0.1) is 11.6 Å². The fourth-order valence-corrected chi connectivity index (χ4v) is 2.45. The molecule has 0 saturated heterocycles. The molecule has 25 heavy (non-hydrogen) atoms. The van der Waals surface area contributed by atoms with Crippen LogP contribution in [-0.2, 0) is 9.53 Å².